The third kappa shape index (κ3) is 4.89. The molecule has 0 unspecified atom stereocenters. The number of methoxy groups -OCH3 is 1. The number of thiophene rings is 1. The summed E-state index contributed by atoms with van der Waals surface area (Å²) in [5.41, 5.74) is 6.57. The van der Waals surface area contributed by atoms with Gasteiger partial charge in [0.05, 0.1) is 16.7 Å². The number of nitrogens with one attached hydrogen (secondary N) is 1. The molecule has 0 atom stereocenters. The number of nitrogen functional groups attached to an aromatic ring is 1. The van der Waals surface area contributed by atoms with Gasteiger partial charge in [-0.3, -0.25) is 4.79 Å². The second kappa shape index (κ2) is 8.24. The number of ketones is 1. The van der Waals surface area contributed by atoms with Crippen LogP contribution in [0, 0.1) is 5.92 Å². The van der Waals surface area contributed by atoms with Crippen molar-refractivity contribution in [2.45, 2.75) is 40.2 Å². The van der Waals surface area contributed by atoms with Crippen LogP contribution in [0.2, 0.25) is 0 Å². The summed E-state index contributed by atoms with van der Waals surface area (Å²) in [4.78, 5) is 12.8. The summed E-state index contributed by atoms with van der Waals surface area (Å²) < 4.78 is 10.8. The lowest BCUT2D eigenvalue weighted by Gasteiger charge is -2.12. The minimum Gasteiger partial charge on any atom is -0.486 e. The van der Waals surface area contributed by atoms with Crippen molar-refractivity contribution in [1.82, 2.24) is 0 Å². The van der Waals surface area contributed by atoms with Gasteiger partial charge in [0.2, 0.25) is 0 Å². The highest BCUT2D eigenvalue weighted by molar-refractivity contribution is 7.19. The van der Waals surface area contributed by atoms with Crippen molar-refractivity contribution in [3.63, 3.8) is 0 Å². The predicted molar refractivity (Wildman–Crippen MR) is 88.6 cm³/mol. The van der Waals surface area contributed by atoms with Gasteiger partial charge in [0.1, 0.15) is 5.00 Å². The first-order valence-corrected chi connectivity index (χ1v) is 8.06. The molecule has 120 valence electrons. The van der Waals surface area contributed by atoms with E-state index in [1.807, 2.05) is 27.7 Å². The molecule has 5 nitrogen and oxygen atoms in total. The smallest absolute Gasteiger partial charge is 0.177 e. The Kier molecular flexibility index (Phi) is 6.98. The summed E-state index contributed by atoms with van der Waals surface area (Å²) in [5, 5.41) is 4.11. The molecule has 0 saturated carbocycles. The van der Waals surface area contributed by atoms with Crippen molar-refractivity contribution in [3.05, 3.63) is 4.88 Å². The van der Waals surface area contributed by atoms with E-state index < -0.39 is 0 Å². The topological polar surface area (TPSA) is 73.6 Å². The predicted octanol–water partition coefficient (Wildman–Crippen LogP) is 3.40. The van der Waals surface area contributed by atoms with Crippen LogP contribution in [0.3, 0.4) is 0 Å². The van der Waals surface area contributed by atoms with Crippen LogP contribution in [0.15, 0.2) is 0 Å². The average Bonchev–Trinajstić information content (AvgIpc) is 2.71. The number of nitrogens with two attached hydrogens (primary N) is 1. The molecule has 0 aliphatic rings. The molecule has 0 fully saturated rings. The minimum absolute atomic E-state index is 0.00317. The average molecular weight is 314 g/mol. The van der Waals surface area contributed by atoms with Gasteiger partial charge in [-0.15, -0.1) is 11.3 Å². The van der Waals surface area contributed by atoms with Crippen LogP contribution in [0.4, 0.5) is 10.7 Å². The Balaban J connectivity index is 2.97. The van der Waals surface area contributed by atoms with Crippen LogP contribution in [0.5, 0.6) is 5.75 Å². The Morgan fingerprint density at radius 1 is 1.33 bits per heavy atom. The van der Waals surface area contributed by atoms with Crippen molar-refractivity contribution in [2.75, 3.05) is 31.3 Å². The lowest BCUT2D eigenvalue weighted by atomic mass is 10.1. The maximum Gasteiger partial charge on any atom is 0.177 e. The first kappa shape index (κ1) is 17.8. The fourth-order valence-corrected chi connectivity index (χ4v) is 2.93. The summed E-state index contributed by atoms with van der Waals surface area (Å²) in [7, 11) is 1.68. The number of anilines is 2. The number of carbonyl (C=O) groups is 1. The number of Topliss-reactive ketones (excluding diaryl/α,β-unsaturated/α-hetero) is 1. The van der Waals surface area contributed by atoms with E-state index in [0.29, 0.717) is 22.9 Å². The minimum atomic E-state index is -0.0841. The zero-order chi connectivity index (χ0) is 16.0. The van der Waals surface area contributed by atoms with Gasteiger partial charge in [-0.1, -0.05) is 13.8 Å². The fraction of sp³-hybridized carbons (Fsp3) is 0.667. The third-order valence-corrected chi connectivity index (χ3v) is 3.97. The molecule has 0 aliphatic heterocycles. The zero-order valence-electron chi connectivity index (χ0n) is 13.5. The Morgan fingerprint density at radius 3 is 2.52 bits per heavy atom. The van der Waals surface area contributed by atoms with Crippen LogP contribution in [0.1, 0.15) is 43.8 Å². The number of carbonyl (C=O) groups excluding carboxylic acids is 1. The van der Waals surface area contributed by atoms with Crippen LogP contribution < -0.4 is 15.8 Å². The van der Waals surface area contributed by atoms with Crippen molar-refractivity contribution >= 4 is 27.8 Å². The summed E-state index contributed by atoms with van der Waals surface area (Å²) in [5.74, 6) is 0.562. The zero-order valence-corrected chi connectivity index (χ0v) is 14.3. The molecule has 0 spiro atoms. The monoisotopic (exact) mass is 314 g/mol. The maximum atomic E-state index is 12.2. The summed E-state index contributed by atoms with van der Waals surface area (Å²) in [6, 6.07) is 0. The van der Waals surface area contributed by atoms with Gasteiger partial charge in [-0.25, -0.2) is 0 Å². The van der Waals surface area contributed by atoms with Gasteiger partial charge in [-0.2, -0.15) is 0 Å². The van der Waals surface area contributed by atoms with E-state index in [1.165, 1.54) is 11.3 Å². The summed E-state index contributed by atoms with van der Waals surface area (Å²) >= 11 is 1.37. The van der Waals surface area contributed by atoms with Crippen LogP contribution >= 0.6 is 11.3 Å². The van der Waals surface area contributed by atoms with E-state index >= 15 is 0 Å². The largest absolute Gasteiger partial charge is 0.486 e. The van der Waals surface area contributed by atoms with Gasteiger partial charge in [0.15, 0.2) is 11.5 Å². The third-order valence-electron chi connectivity index (χ3n) is 2.81. The first-order valence-electron chi connectivity index (χ1n) is 7.24. The molecular weight excluding hydrogens is 288 g/mol. The van der Waals surface area contributed by atoms with Crippen molar-refractivity contribution < 1.29 is 14.3 Å². The standard InChI is InChI=1S/C15H26N2O3S/c1-9(2)12(18)14-11(16)13(20-10(3)4)15(21-14)17-7-6-8-19-5/h9-10,17H,6-8,16H2,1-5H3. The maximum absolute atomic E-state index is 12.2. The molecule has 0 amide bonds. The van der Waals surface area contributed by atoms with Gasteiger partial charge < -0.3 is 20.5 Å². The van der Waals surface area contributed by atoms with Crippen LogP contribution in [0.25, 0.3) is 0 Å². The molecule has 1 aromatic heterocycles. The normalized spacial score (nSPS) is 11.2. The highest BCUT2D eigenvalue weighted by atomic mass is 32.1. The van der Waals surface area contributed by atoms with Gasteiger partial charge in [-0.05, 0) is 20.3 Å². The van der Waals surface area contributed by atoms with Crippen molar-refractivity contribution in [2.24, 2.45) is 5.92 Å². The quantitative estimate of drug-likeness (QED) is 0.540. The van der Waals surface area contributed by atoms with Gasteiger partial charge in [0.25, 0.3) is 0 Å². The Bertz CT molecular complexity index is 470. The SMILES string of the molecule is COCCCNc1sc(C(=O)C(C)C)c(N)c1OC(C)C. The first-order chi connectivity index (χ1) is 9.88. The van der Waals surface area contributed by atoms with Crippen LogP contribution in [-0.4, -0.2) is 32.1 Å². The number of hydrogen-bond donors (Lipinski definition) is 2. The molecule has 0 aromatic carbocycles. The Labute approximate surface area is 130 Å². The van der Waals surface area contributed by atoms with E-state index in [0.717, 1.165) is 18.0 Å². The highest BCUT2D eigenvalue weighted by Crippen LogP contribution is 2.44. The lowest BCUT2D eigenvalue weighted by molar-refractivity contribution is 0.0944. The summed E-state index contributed by atoms with van der Waals surface area (Å²) in [6.07, 6.45) is 0.881. The van der Waals surface area contributed by atoms with E-state index in [1.54, 1.807) is 7.11 Å². The molecule has 6 heteroatoms. The molecule has 1 aromatic rings. The Morgan fingerprint density at radius 2 is 2.00 bits per heavy atom. The van der Waals surface area contributed by atoms with E-state index in [2.05, 4.69) is 5.32 Å². The second-order valence-electron chi connectivity index (χ2n) is 5.46. The molecule has 0 aliphatic carbocycles. The molecular formula is C15H26N2O3S. The van der Waals surface area contributed by atoms with E-state index in [9.17, 15) is 4.79 Å². The van der Waals surface area contributed by atoms with Gasteiger partial charge in [0, 0.05) is 26.2 Å². The lowest BCUT2D eigenvalue weighted by Crippen LogP contribution is -2.11. The molecule has 21 heavy (non-hydrogen) atoms. The molecule has 1 heterocycles. The Hall–Kier alpha value is -1.27. The number of hydrogen-bond acceptors (Lipinski definition) is 6. The molecule has 0 bridgehead atoms. The van der Waals surface area contributed by atoms with Crippen LogP contribution in [-0.2, 0) is 4.74 Å². The van der Waals surface area contributed by atoms with Crippen molar-refractivity contribution in [3.8, 4) is 5.75 Å². The molecule has 0 radical (unpaired) electrons. The summed E-state index contributed by atoms with van der Waals surface area (Å²) in [6.45, 7) is 9.06. The van der Waals surface area contributed by atoms with E-state index in [-0.39, 0.29) is 17.8 Å². The highest BCUT2D eigenvalue weighted by Gasteiger charge is 2.24. The number of rotatable bonds is 9. The fourth-order valence-electron chi connectivity index (χ4n) is 1.76. The molecule has 1 rings (SSSR count). The molecule has 0 saturated heterocycles. The molecule has 3 N–H and O–H groups in total. The van der Waals surface area contributed by atoms with E-state index in [4.69, 9.17) is 15.2 Å². The second-order valence-corrected chi connectivity index (χ2v) is 6.48. The van der Waals surface area contributed by atoms with Gasteiger partial charge >= 0.3 is 0 Å². The number of ether oxygens (including phenoxy) is 2. The van der Waals surface area contributed by atoms with Crippen molar-refractivity contribution in [1.29, 1.82) is 0 Å².